The van der Waals surface area contributed by atoms with E-state index in [9.17, 15) is 4.79 Å². The van der Waals surface area contributed by atoms with Gasteiger partial charge in [-0.2, -0.15) is 4.98 Å². The van der Waals surface area contributed by atoms with E-state index in [1.165, 1.54) is 30.0 Å². The first-order valence-corrected chi connectivity index (χ1v) is 14.3. The number of methoxy groups -OCH3 is 2. The Morgan fingerprint density at radius 2 is 1.65 bits per heavy atom. The van der Waals surface area contributed by atoms with Gasteiger partial charge in [0.1, 0.15) is 23.9 Å². The Hall–Kier alpha value is -4.83. The van der Waals surface area contributed by atoms with Crippen LogP contribution < -0.4 is 29.2 Å². The van der Waals surface area contributed by atoms with Gasteiger partial charge in [0.2, 0.25) is 11.8 Å². The molecule has 2 heterocycles. The third-order valence-corrected chi connectivity index (χ3v) is 7.28. The number of hydrogen-bond acceptors (Lipinski definition) is 9. The molecule has 1 fully saturated rings. The zero-order valence-electron chi connectivity index (χ0n) is 25.0. The lowest BCUT2D eigenvalue weighted by Crippen LogP contribution is -2.31. The summed E-state index contributed by atoms with van der Waals surface area (Å²) in [4.78, 5) is 26.5. The van der Waals surface area contributed by atoms with Crippen LogP contribution in [0.2, 0.25) is 0 Å². The van der Waals surface area contributed by atoms with E-state index in [1.54, 1.807) is 32.4 Å². The first-order valence-electron chi connectivity index (χ1n) is 14.3. The molecule has 3 aromatic carbocycles. The summed E-state index contributed by atoms with van der Waals surface area (Å²) in [6, 6.07) is 20.2. The van der Waals surface area contributed by atoms with E-state index in [4.69, 9.17) is 18.9 Å². The van der Waals surface area contributed by atoms with Gasteiger partial charge in [-0.1, -0.05) is 18.2 Å². The molecule has 1 amide bonds. The normalized spacial score (nSPS) is 12.9. The molecule has 10 nitrogen and oxygen atoms in total. The van der Waals surface area contributed by atoms with Crippen molar-refractivity contribution in [3.05, 3.63) is 84.1 Å². The molecule has 1 aliphatic rings. The lowest BCUT2D eigenvalue weighted by molar-refractivity contribution is 0.208. The quantitative estimate of drug-likeness (QED) is 0.208. The average molecular weight is 584 g/mol. The number of nitrogens with zero attached hydrogens (tertiary/aromatic N) is 4. The molecule has 0 saturated carbocycles. The summed E-state index contributed by atoms with van der Waals surface area (Å²) >= 11 is 0. The molecule has 0 radical (unpaired) electrons. The predicted octanol–water partition coefficient (Wildman–Crippen LogP) is 6.67. The monoisotopic (exact) mass is 583 g/mol. The summed E-state index contributed by atoms with van der Waals surface area (Å²) in [5, 5.41) is 3.16. The second kappa shape index (κ2) is 13.9. The first kappa shape index (κ1) is 29.7. The fourth-order valence-electron chi connectivity index (χ4n) is 5.09. The van der Waals surface area contributed by atoms with E-state index in [2.05, 4.69) is 20.2 Å². The van der Waals surface area contributed by atoms with Crippen molar-refractivity contribution >= 4 is 29.1 Å². The SMILES string of the molecule is COc1ccc(N(C(=O)Oc2ccnc(Nc3ccc(OCCN4CCCC4)cc3)n2)c2c(C)cccc2C)c(OC)c1. The van der Waals surface area contributed by atoms with Gasteiger partial charge in [-0.05, 0) is 87.3 Å². The average Bonchev–Trinajstić information content (AvgIpc) is 3.53. The number of carbonyl (C=O) groups is 1. The Labute approximate surface area is 252 Å². The minimum atomic E-state index is -0.652. The predicted molar refractivity (Wildman–Crippen MR) is 167 cm³/mol. The fraction of sp³-hybridized carbons (Fsp3) is 0.303. The molecule has 1 aromatic heterocycles. The summed E-state index contributed by atoms with van der Waals surface area (Å²) < 4.78 is 22.7. The summed E-state index contributed by atoms with van der Waals surface area (Å²) in [6.07, 6.45) is 3.42. The largest absolute Gasteiger partial charge is 0.497 e. The van der Waals surface area contributed by atoms with Crippen LogP contribution in [-0.2, 0) is 0 Å². The number of ether oxygens (including phenoxy) is 4. The highest BCUT2D eigenvalue weighted by Gasteiger charge is 2.27. The van der Waals surface area contributed by atoms with Crippen molar-refractivity contribution in [2.24, 2.45) is 0 Å². The molecule has 1 N–H and O–H groups in total. The van der Waals surface area contributed by atoms with Crippen LogP contribution in [0.3, 0.4) is 0 Å². The number of para-hydroxylation sites is 1. The Balaban J connectivity index is 1.31. The van der Waals surface area contributed by atoms with Crippen LogP contribution in [0.4, 0.5) is 27.8 Å². The van der Waals surface area contributed by atoms with E-state index in [0.29, 0.717) is 29.5 Å². The van der Waals surface area contributed by atoms with Crippen molar-refractivity contribution < 1.29 is 23.7 Å². The molecule has 5 rings (SSSR count). The van der Waals surface area contributed by atoms with Gasteiger partial charge in [0.15, 0.2) is 0 Å². The highest BCUT2D eigenvalue weighted by atomic mass is 16.6. The number of nitrogens with one attached hydrogen (secondary N) is 1. The van der Waals surface area contributed by atoms with E-state index in [-0.39, 0.29) is 11.8 Å². The van der Waals surface area contributed by atoms with Crippen LogP contribution in [0.5, 0.6) is 23.1 Å². The van der Waals surface area contributed by atoms with Crippen molar-refractivity contribution in [2.45, 2.75) is 26.7 Å². The molecular formula is C33H37N5O5. The van der Waals surface area contributed by atoms with E-state index >= 15 is 0 Å². The number of rotatable bonds is 11. The van der Waals surface area contributed by atoms with Gasteiger partial charge in [-0.3, -0.25) is 4.90 Å². The zero-order chi connectivity index (χ0) is 30.2. The summed E-state index contributed by atoms with van der Waals surface area (Å²) in [6.45, 7) is 7.78. The van der Waals surface area contributed by atoms with Gasteiger partial charge >= 0.3 is 6.09 Å². The van der Waals surface area contributed by atoms with Crippen LogP contribution in [-0.4, -0.2) is 61.4 Å². The number of benzene rings is 3. The number of aromatic nitrogens is 2. The summed E-state index contributed by atoms with van der Waals surface area (Å²) in [5.74, 6) is 2.23. The van der Waals surface area contributed by atoms with Gasteiger partial charge in [0, 0.05) is 30.6 Å². The molecule has 0 atom stereocenters. The highest BCUT2D eigenvalue weighted by Crippen LogP contribution is 2.39. The maximum Gasteiger partial charge on any atom is 0.425 e. The van der Waals surface area contributed by atoms with E-state index in [1.807, 2.05) is 56.3 Å². The summed E-state index contributed by atoms with van der Waals surface area (Å²) in [7, 11) is 3.12. The Morgan fingerprint density at radius 3 is 2.35 bits per heavy atom. The van der Waals surface area contributed by atoms with Crippen LogP contribution >= 0.6 is 0 Å². The molecule has 1 saturated heterocycles. The number of aryl methyl sites for hydroxylation is 2. The summed E-state index contributed by atoms with van der Waals surface area (Å²) in [5.41, 5.74) is 3.74. The van der Waals surface area contributed by atoms with Gasteiger partial charge in [0.25, 0.3) is 0 Å². The van der Waals surface area contributed by atoms with Crippen LogP contribution in [0.15, 0.2) is 72.9 Å². The maximum absolute atomic E-state index is 13.8. The lowest BCUT2D eigenvalue weighted by atomic mass is 10.1. The lowest BCUT2D eigenvalue weighted by Gasteiger charge is -2.27. The van der Waals surface area contributed by atoms with Crippen LogP contribution in [0.1, 0.15) is 24.0 Å². The number of likely N-dealkylation sites (tertiary alicyclic amines) is 1. The standard InChI is InChI=1S/C33H37N5O5/c1-23-8-7-9-24(2)31(23)38(28-15-14-27(40-3)22-29(28)41-4)33(39)43-30-16-17-34-32(36-30)35-25-10-12-26(13-11-25)42-21-20-37-18-5-6-19-37/h7-17,22H,5-6,18-21H2,1-4H3,(H,34,35,36). The molecule has 0 spiro atoms. The Kier molecular flexibility index (Phi) is 9.58. The maximum atomic E-state index is 13.8. The Morgan fingerprint density at radius 1 is 0.930 bits per heavy atom. The molecule has 224 valence electrons. The molecule has 10 heteroatoms. The first-order chi connectivity index (χ1) is 20.9. The van der Waals surface area contributed by atoms with E-state index in [0.717, 1.165) is 42.2 Å². The third kappa shape index (κ3) is 7.34. The van der Waals surface area contributed by atoms with E-state index < -0.39 is 6.09 Å². The van der Waals surface area contributed by atoms with Crippen molar-refractivity contribution in [3.8, 4) is 23.1 Å². The molecule has 0 bridgehead atoms. The molecule has 1 aliphatic heterocycles. The number of carbonyl (C=O) groups excluding carboxylic acids is 1. The van der Waals surface area contributed by atoms with Crippen molar-refractivity contribution in [2.75, 3.05) is 50.7 Å². The number of anilines is 4. The molecule has 4 aromatic rings. The number of hydrogen-bond donors (Lipinski definition) is 1. The van der Waals surface area contributed by atoms with Crippen molar-refractivity contribution in [1.29, 1.82) is 0 Å². The number of amides is 1. The zero-order valence-corrected chi connectivity index (χ0v) is 25.0. The second-order valence-electron chi connectivity index (χ2n) is 10.2. The smallest absolute Gasteiger partial charge is 0.425 e. The highest BCUT2D eigenvalue weighted by molar-refractivity contribution is 6.00. The second-order valence-corrected chi connectivity index (χ2v) is 10.2. The topological polar surface area (TPSA) is 98.3 Å². The minimum Gasteiger partial charge on any atom is -0.497 e. The molecule has 0 aliphatic carbocycles. The van der Waals surface area contributed by atoms with Gasteiger partial charge in [-0.15, -0.1) is 0 Å². The molecule has 43 heavy (non-hydrogen) atoms. The van der Waals surface area contributed by atoms with Gasteiger partial charge in [-0.25, -0.2) is 14.7 Å². The Bertz CT molecular complexity index is 1520. The van der Waals surface area contributed by atoms with Crippen molar-refractivity contribution in [3.63, 3.8) is 0 Å². The molecular weight excluding hydrogens is 546 g/mol. The molecule has 0 unspecified atom stereocenters. The minimum absolute atomic E-state index is 0.0908. The van der Waals surface area contributed by atoms with Gasteiger partial charge in [0.05, 0.1) is 25.6 Å². The van der Waals surface area contributed by atoms with Gasteiger partial charge < -0.3 is 24.3 Å². The van der Waals surface area contributed by atoms with Crippen LogP contribution in [0, 0.1) is 13.8 Å². The third-order valence-electron chi connectivity index (χ3n) is 7.28. The van der Waals surface area contributed by atoms with Crippen LogP contribution in [0.25, 0.3) is 0 Å². The fourth-order valence-corrected chi connectivity index (χ4v) is 5.09. The van der Waals surface area contributed by atoms with Crippen molar-refractivity contribution in [1.82, 2.24) is 14.9 Å².